The van der Waals surface area contributed by atoms with Crippen LogP contribution < -0.4 is 5.73 Å². The van der Waals surface area contributed by atoms with Crippen LogP contribution in [-0.2, 0) is 0 Å². The molecule has 0 spiro atoms. The van der Waals surface area contributed by atoms with Crippen molar-refractivity contribution in [1.29, 1.82) is 0 Å². The van der Waals surface area contributed by atoms with Gasteiger partial charge in [0.2, 0.25) is 0 Å². The van der Waals surface area contributed by atoms with E-state index in [9.17, 15) is 13.2 Å². The molecule has 3 nitrogen and oxygen atoms in total. The summed E-state index contributed by atoms with van der Waals surface area (Å²) in [7, 11) is 0. The summed E-state index contributed by atoms with van der Waals surface area (Å²) in [5.41, 5.74) is 5.42. The second-order valence-corrected chi connectivity index (χ2v) is 3.62. The predicted molar refractivity (Wildman–Crippen MR) is 52.5 cm³/mol. The molecule has 1 atom stereocenters. The average molecular weight is 228 g/mol. The number of alkyl halides is 3. The van der Waals surface area contributed by atoms with Crippen LogP contribution >= 0.6 is 0 Å². The van der Waals surface area contributed by atoms with E-state index in [4.69, 9.17) is 10.8 Å². The van der Waals surface area contributed by atoms with Crippen LogP contribution in [0.3, 0.4) is 0 Å². The van der Waals surface area contributed by atoms with E-state index in [0.29, 0.717) is 19.4 Å². The molecule has 0 bridgehead atoms. The van der Waals surface area contributed by atoms with Crippen LogP contribution in [0.5, 0.6) is 0 Å². The van der Waals surface area contributed by atoms with Gasteiger partial charge in [0.1, 0.15) is 0 Å². The van der Waals surface area contributed by atoms with E-state index in [0.717, 1.165) is 0 Å². The van der Waals surface area contributed by atoms with Crippen molar-refractivity contribution in [3.8, 4) is 0 Å². The van der Waals surface area contributed by atoms with Crippen molar-refractivity contribution < 1.29 is 18.3 Å². The Morgan fingerprint density at radius 2 is 1.93 bits per heavy atom. The number of rotatable bonds is 7. The summed E-state index contributed by atoms with van der Waals surface area (Å²) in [4.78, 5) is 1.32. The molecule has 0 heterocycles. The third kappa shape index (κ3) is 8.65. The third-order valence-electron chi connectivity index (χ3n) is 1.99. The van der Waals surface area contributed by atoms with Gasteiger partial charge < -0.3 is 10.8 Å². The highest BCUT2D eigenvalue weighted by molar-refractivity contribution is 4.67. The standard InChI is InChI=1S/C9H19F3N2O/c1-2-4-14(7-9(10,11)12)5-3-8(13)6-15/h8,15H,2-7,13H2,1H3. The first kappa shape index (κ1) is 14.7. The van der Waals surface area contributed by atoms with Gasteiger partial charge in [-0.25, -0.2) is 0 Å². The lowest BCUT2D eigenvalue weighted by Crippen LogP contribution is -2.38. The van der Waals surface area contributed by atoms with Gasteiger partial charge in [-0.05, 0) is 19.4 Å². The van der Waals surface area contributed by atoms with E-state index in [-0.39, 0.29) is 13.2 Å². The quantitative estimate of drug-likeness (QED) is 0.682. The van der Waals surface area contributed by atoms with Gasteiger partial charge in [0.25, 0.3) is 0 Å². The van der Waals surface area contributed by atoms with Gasteiger partial charge in [0.05, 0.1) is 13.2 Å². The van der Waals surface area contributed by atoms with Gasteiger partial charge in [-0.15, -0.1) is 0 Å². The Kier molecular flexibility index (Phi) is 6.87. The molecule has 1 unspecified atom stereocenters. The summed E-state index contributed by atoms with van der Waals surface area (Å²) < 4.78 is 36.3. The van der Waals surface area contributed by atoms with E-state index < -0.39 is 18.8 Å². The monoisotopic (exact) mass is 228 g/mol. The molecule has 0 fully saturated rings. The van der Waals surface area contributed by atoms with Crippen molar-refractivity contribution >= 4 is 0 Å². The van der Waals surface area contributed by atoms with Crippen LogP contribution in [-0.4, -0.2) is 48.5 Å². The van der Waals surface area contributed by atoms with Crippen molar-refractivity contribution in [2.75, 3.05) is 26.2 Å². The minimum Gasteiger partial charge on any atom is -0.395 e. The van der Waals surface area contributed by atoms with Gasteiger partial charge in [0, 0.05) is 12.6 Å². The smallest absolute Gasteiger partial charge is 0.395 e. The highest BCUT2D eigenvalue weighted by atomic mass is 19.4. The fourth-order valence-electron chi connectivity index (χ4n) is 1.28. The lowest BCUT2D eigenvalue weighted by Gasteiger charge is -2.24. The topological polar surface area (TPSA) is 49.5 Å². The maximum atomic E-state index is 12.1. The number of halogens is 3. The second-order valence-electron chi connectivity index (χ2n) is 3.62. The Morgan fingerprint density at radius 3 is 2.33 bits per heavy atom. The maximum Gasteiger partial charge on any atom is 0.401 e. The summed E-state index contributed by atoms with van der Waals surface area (Å²) in [6, 6.07) is -0.433. The Morgan fingerprint density at radius 1 is 1.33 bits per heavy atom. The summed E-state index contributed by atoms with van der Waals surface area (Å²) in [5.74, 6) is 0. The Labute approximate surface area is 88.0 Å². The molecule has 0 aliphatic heterocycles. The number of aliphatic hydroxyl groups excluding tert-OH is 1. The van der Waals surface area contributed by atoms with Gasteiger partial charge in [-0.3, -0.25) is 4.90 Å². The molecule has 0 aliphatic rings. The first-order valence-corrected chi connectivity index (χ1v) is 5.04. The SMILES string of the molecule is CCCN(CCC(N)CO)CC(F)(F)F. The van der Waals surface area contributed by atoms with Crippen LogP contribution in [0.15, 0.2) is 0 Å². The van der Waals surface area contributed by atoms with E-state index in [1.807, 2.05) is 6.92 Å². The lowest BCUT2D eigenvalue weighted by atomic mass is 10.2. The molecule has 3 N–H and O–H groups in total. The van der Waals surface area contributed by atoms with Crippen molar-refractivity contribution in [2.45, 2.75) is 32.0 Å². The molecular weight excluding hydrogens is 209 g/mol. The predicted octanol–water partition coefficient (Wildman–Crippen LogP) is 0.970. The first-order valence-electron chi connectivity index (χ1n) is 5.04. The third-order valence-corrected chi connectivity index (χ3v) is 1.99. The van der Waals surface area contributed by atoms with Gasteiger partial charge >= 0.3 is 6.18 Å². The summed E-state index contributed by atoms with van der Waals surface area (Å²) >= 11 is 0. The zero-order valence-corrected chi connectivity index (χ0v) is 8.93. The number of hydrogen-bond donors (Lipinski definition) is 2. The van der Waals surface area contributed by atoms with E-state index in [1.54, 1.807) is 0 Å². The number of nitrogens with zero attached hydrogens (tertiary/aromatic N) is 1. The van der Waals surface area contributed by atoms with Gasteiger partial charge in [-0.1, -0.05) is 6.92 Å². The Hall–Kier alpha value is -0.330. The Balaban J connectivity index is 3.93. The zero-order chi connectivity index (χ0) is 11.9. The highest BCUT2D eigenvalue weighted by Crippen LogP contribution is 2.16. The van der Waals surface area contributed by atoms with Crippen LogP contribution in [0.1, 0.15) is 19.8 Å². The molecular formula is C9H19F3N2O. The molecule has 6 heteroatoms. The molecule has 0 rings (SSSR count). The van der Waals surface area contributed by atoms with Gasteiger partial charge in [0.15, 0.2) is 0 Å². The molecule has 0 aliphatic carbocycles. The van der Waals surface area contributed by atoms with Crippen molar-refractivity contribution in [1.82, 2.24) is 4.90 Å². The molecule has 0 saturated carbocycles. The molecule has 92 valence electrons. The highest BCUT2D eigenvalue weighted by Gasteiger charge is 2.30. The number of aliphatic hydroxyl groups is 1. The fourth-order valence-corrected chi connectivity index (χ4v) is 1.28. The lowest BCUT2D eigenvalue weighted by molar-refractivity contribution is -0.146. The molecule has 0 aromatic carbocycles. The van der Waals surface area contributed by atoms with E-state index in [1.165, 1.54) is 4.90 Å². The Bertz CT molecular complexity index is 164. The molecule has 0 saturated heterocycles. The molecule has 0 amide bonds. The van der Waals surface area contributed by atoms with Crippen LogP contribution in [0.4, 0.5) is 13.2 Å². The molecule has 0 aromatic heterocycles. The summed E-state index contributed by atoms with van der Waals surface area (Å²) in [6.07, 6.45) is -3.12. The average Bonchev–Trinajstić information content (AvgIpc) is 2.11. The number of nitrogens with two attached hydrogens (primary N) is 1. The molecule has 15 heavy (non-hydrogen) atoms. The summed E-state index contributed by atoms with van der Waals surface area (Å²) in [6.45, 7) is 1.41. The first-order chi connectivity index (χ1) is 6.89. The molecule has 0 aromatic rings. The fraction of sp³-hybridized carbons (Fsp3) is 1.00. The maximum absolute atomic E-state index is 12.1. The van der Waals surface area contributed by atoms with Crippen LogP contribution in [0.2, 0.25) is 0 Å². The van der Waals surface area contributed by atoms with Crippen molar-refractivity contribution in [3.63, 3.8) is 0 Å². The van der Waals surface area contributed by atoms with Crippen molar-refractivity contribution in [2.24, 2.45) is 5.73 Å². The minimum absolute atomic E-state index is 0.189. The van der Waals surface area contributed by atoms with Crippen molar-refractivity contribution in [3.05, 3.63) is 0 Å². The normalized spacial score (nSPS) is 14.6. The number of hydrogen-bond acceptors (Lipinski definition) is 3. The largest absolute Gasteiger partial charge is 0.401 e. The van der Waals surface area contributed by atoms with Crippen LogP contribution in [0.25, 0.3) is 0 Å². The molecule has 0 radical (unpaired) electrons. The van der Waals surface area contributed by atoms with Crippen LogP contribution in [0, 0.1) is 0 Å². The minimum atomic E-state index is -4.17. The summed E-state index contributed by atoms with van der Waals surface area (Å²) in [5, 5.41) is 8.64. The van der Waals surface area contributed by atoms with E-state index in [2.05, 4.69) is 0 Å². The van der Waals surface area contributed by atoms with E-state index >= 15 is 0 Å². The zero-order valence-electron chi connectivity index (χ0n) is 8.93. The van der Waals surface area contributed by atoms with Gasteiger partial charge in [-0.2, -0.15) is 13.2 Å². The second kappa shape index (κ2) is 7.03.